The van der Waals surface area contributed by atoms with Crippen LogP contribution in [0.2, 0.25) is 5.02 Å². The quantitative estimate of drug-likeness (QED) is 0.863. The molecule has 0 saturated heterocycles. The number of anilines is 1. The van der Waals surface area contributed by atoms with E-state index < -0.39 is 15.8 Å². The average Bonchev–Trinajstić information content (AvgIpc) is 2.42. The van der Waals surface area contributed by atoms with Gasteiger partial charge < -0.3 is 0 Å². The zero-order valence-electron chi connectivity index (χ0n) is 10.8. The lowest BCUT2D eigenvalue weighted by molar-refractivity contribution is 0.586. The van der Waals surface area contributed by atoms with Crippen LogP contribution in [0.3, 0.4) is 0 Å². The van der Waals surface area contributed by atoms with Crippen molar-refractivity contribution in [3.8, 4) is 0 Å². The summed E-state index contributed by atoms with van der Waals surface area (Å²) in [4.78, 5) is 0.0759. The first-order valence-electron chi connectivity index (χ1n) is 5.99. The molecule has 0 aliphatic carbocycles. The standard InChI is InChI=1S/C14H13ClFNO2S/c1-2-17(14-6-4-3-5-13(14)16)20(18,19)12-9-7-11(15)8-10-12/h3-10H,2H2,1H3. The topological polar surface area (TPSA) is 37.4 Å². The summed E-state index contributed by atoms with van der Waals surface area (Å²) in [7, 11) is -3.81. The highest BCUT2D eigenvalue weighted by atomic mass is 35.5. The summed E-state index contributed by atoms with van der Waals surface area (Å²) in [6.45, 7) is 1.78. The molecule has 0 N–H and O–H groups in total. The normalized spacial score (nSPS) is 11.3. The van der Waals surface area contributed by atoms with Crippen molar-refractivity contribution < 1.29 is 12.8 Å². The summed E-state index contributed by atoms with van der Waals surface area (Å²) in [5, 5.41) is 0.442. The van der Waals surface area contributed by atoms with Crippen molar-refractivity contribution in [1.82, 2.24) is 0 Å². The van der Waals surface area contributed by atoms with Crippen molar-refractivity contribution in [2.75, 3.05) is 10.8 Å². The van der Waals surface area contributed by atoms with Crippen LogP contribution in [0, 0.1) is 5.82 Å². The van der Waals surface area contributed by atoms with Crippen LogP contribution >= 0.6 is 11.6 Å². The molecule has 0 atom stereocenters. The minimum atomic E-state index is -3.81. The highest BCUT2D eigenvalue weighted by Gasteiger charge is 2.25. The van der Waals surface area contributed by atoms with E-state index in [2.05, 4.69) is 0 Å². The Hall–Kier alpha value is -1.59. The maximum absolute atomic E-state index is 13.8. The van der Waals surface area contributed by atoms with Crippen molar-refractivity contribution in [2.24, 2.45) is 0 Å². The van der Waals surface area contributed by atoms with E-state index in [0.717, 1.165) is 4.31 Å². The van der Waals surface area contributed by atoms with Gasteiger partial charge in [-0.25, -0.2) is 12.8 Å². The fraction of sp³-hybridized carbons (Fsp3) is 0.143. The van der Waals surface area contributed by atoms with Crippen LogP contribution in [0.1, 0.15) is 6.92 Å². The SMILES string of the molecule is CCN(c1ccccc1F)S(=O)(=O)c1ccc(Cl)cc1. The molecule has 6 heteroatoms. The Morgan fingerprint density at radius 2 is 1.70 bits per heavy atom. The van der Waals surface area contributed by atoms with E-state index in [1.807, 2.05) is 0 Å². The molecule has 0 saturated carbocycles. The fourth-order valence-electron chi connectivity index (χ4n) is 1.86. The van der Waals surface area contributed by atoms with Gasteiger partial charge in [-0.3, -0.25) is 4.31 Å². The Morgan fingerprint density at radius 1 is 1.10 bits per heavy atom. The highest BCUT2D eigenvalue weighted by Crippen LogP contribution is 2.26. The lowest BCUT2D eigenvalue weighted by atomic mass is 10.3. The lowest BCUT2D eigenvalue weighted by Crippen LogP contribution is -2.31. The van der Waals surface area contributed by atoms with Gasteiger partial charge in [0.15, 0.2) is 0 Å². The van der Waals surface area contributed by atoms with E-state index in [1.54, 1.807) is 13.0 Å². The lowest BCUT2D eigenvalue weighted by Gasteiger charge is -2.23. The van der Waals surface area contributed by atoms with Gasteiger partial charge in [-0.05, 0) is 43.3 Å². The van der Waals surface area contributed by atoms with Gasteiger partial charge in [0.2, 0.25) is 0 Å². The van der Waals surface area contributed by atoms with Crippen LogP contribution in [-0.2, 0) is 10.0 Å². The second-order valence-corrected chi connectivity index (χ2v) is 6.37. The summed E-state index contributed by atoms with van der Waals surface area (Å²) in [5.41, 5.74) is 0.0324. The summed E-state index contributed by atoms with van der Waals surface area (Å²) in [5.74, 6) is -0.577. The number of hydrogen-bond acceptors (Lipinski definition) is 2. The van der Waals surface area contributed by atoms with Crippen LogP contribution in [0.4, 0.5) is 10.1 Å². The van der Waals surface area contributed by atoms with E-state index in [0.29, 0.717) is 5.02 Å². The van der Waals surface area contributed by atoms with Crippen molar-refractivity contribution in [3.05, 3.63) is 59.4 Å². The molecule has 2 aromatic carbocycles. The number of halogens is 2. The molecule has 0 aliphatic heterocycles. The number of hydrogen-bond donors (Lipinski definition) is 0. The average molecular weight is 314 g/mol. The molecule has 0 amide bonds. The number of benzene rings is 2. The number of sulfonamides is 1. The summed E-state index contributed by atoms with van der Waals surface area (Å²) >= 11 is 5.75. The fourth-order valence-corrected chi connectivity index (χ4v) is 3.46. The molecule has 20 heavy (non-hydrogen) atoms. The molecule has 2 aromatic rings. The third-order valence-electron chi connectivity index (χ3n) is 2.81. The predicted octanol–water partition coefficient (Wildman–Crippen LogP) is 3.69. The van der Waals surface area contributed by atoms with Crippen molar-refractivity contribution in [1.29, 1.82) is 0 Å². The Bertz CT molecular complexity index is 701. The third-order valence-corrected chi connectivity index (χ3v) is 4.97. The molecule has 0 aromatic heterocycles. The Labute approximate surface area is 122 Å². The predicted molar refractivity (Wildman–Crippen MR) is 78.1 cm³/mol. The highest BCUT2D eigenvalue weighted by molar-refractivity contribution is 7.92. The Kier molecular flexibility index (Phi) is 4.30. The summed E-state index contributed by atoms with van der Waals surface area (Å²) < 4.78 is 39.9. The molecule has 0 spiro atoms. The molecule has 0 aliphatic rings. The van der Waals surface area contributed by atoms with Gasteiger partial charge in [0.05, 0.1) is 10.6 Å². The minimum absolute atomic E-state index is 0.0324. The smallest absolute Gasteiger partial charge is 0.264 e. The number of rotatable bonds is 4. The Balaban J connectivity index is 2.51. The molecule has 2 rings (SSSR count). The van der Waals surface area contributed by atoms with E-state index in [9.17, 15) is 12.8 Å². The monoisotopic (exact) mass is 313 g/mol. The van der Waals surface area contributed by atoms with Gasteiger partial charge in [0.1, 0.15) is 5.82 Å². The van der Waals surface area contributed by atoms with Crippen molar-refractivity contribution >= 4 is 27.3 Å². The maximum atomic E-state index is 13.8. The van der Waals surface area contributed by atoms with E-state index in [-0.39, 0.29) is 17.1 Å². The molecular formula is C14H13ClFNO2S. The van der Waals surface area contributed by atoms with E-state index >= 15 is 0 Å². The second-order valence-electron chi connectivity index (χ2n) is 4.08. The molecule has 0 fully saturated rings. The zero-order valence-corrected chi connectivity index (χ0v) is 12.3. The van der Waals surface area contributed by atoms with E-state index in [4.69, 9.17) is 11.6 Å². The van der Waals surface area contributed by atoms with Gasteiger partial charge in [-0.2, -0.15) is 0 Å². The molecular weight excluding hydrogens is 301 g/mol. The molecule has 0 heterocycles. The molecule has 106 valence electrons. The Morgan fingerprint density at radius 3 is 2.25 bits per heavy atom. The minimum Gasteiger partial charge on any atom is -0.264 e. The maximum Gasteiger partial charge on any atom is 0.264 e. The molecule has 0 bridgehead atoms. The van der Waals surface area contributed by atoms with Gasteiger partial charge >= 0.3 is 0 Å². The third kappa shape index (κ3) is 2.78. The van der Waals surface area contributed by atoms with Crippen LogP contribution in [0.25, 0.3) is 0 Å². The summed E-state index contributed by atoms with van der Waals surface area (Å²) in [6, 6.07) is 11.6. The van der Waals surface area contributed by atoms with Crippen LogP contribution in [0.15, 0.2) is 53.4 Å². The van der Waals surface area contributed by atoms with Gasteiger partial charge in [-0.15, -0.1) is 0 Å². The number of nitrogens with zero attached hydrogens (tertiary/aromatic N) is 1. The number of para-hydroxylation sites is 1. The zero-order chi connectivity index (χ0) is 14.8. The van der Waals surface area contributed by atoms with Crippen LogP contribution in [-0.4, -0.2) is 15.0 Å². The van der Waals surface area contributed by atoms with Gasteiger partial charge in [0.25, 0.3) is 10.0 Å². The second kappa shape index (κ2) is 5.81. The van der Waals surface area contributed by atoms with Crippen LogP contribution < -0.4 is 4.31 Å². The molecule has 0 unspecified atom stereocenters. The van der Waals surface area contributed by atoms with Crippen LogP contribution in [0.5, 0.6) is 0 Å². The largest absolute Gasteiger partial charge is 0.264 e. The first kappa shape index (κ1) is 14.8. The van der Waals surface area contributed by atoms with Crippen molar-refractivity contribution in [3.63, 3.8) is 0 Å². The van der Waals surface area contributed by atoms with Gasteiger partial charge in [0, 0.05) is 11.6 Å². The molecule has 0 radical (unpaired) electrons. The van der Waals surface area contributed by atoms with E-state index in [1.165, 1.54) is 42.5 Å². The first-order chi connectivity index (χ1) is 9.46. The first-order valence-corrected chi connectivity index (χ1v) is 7.81. The van der Waals surface area contributed by atoms with Crippen molar-refractivity contribution in [2.45, 2.75) is 11.8 Å². The molecule has 3 nitrogen and oxygen atoms in total. The van der Waals surface area contributed by atoms with Gasteiger partial charge in [-0.1, -0.05) is 23.7 Å². The summed E-state index contributed by atoms with van der Waals surface area (Å²) in [6.07, 6.45) is 0.